The van der Waals surface area contributed by atoms with Gasteiger partial charge in [-0.05, 0) is 55.3 Å². The number of fused-ring (bicyclic) bond motifs is 1. The van der Waals surface area contributed by atoms with Crippen LogP contribution >= 0.6 is 0 Å². The van der Waals surface area contributed by atoms with E-state index in [4.69, 9.17) is 13.9 Å². The van der Waals surface area contributed by atoms with Crippen molar-refractivity contribution in [3.8, 4) is 22.9 Å². The van der Waals surface area contributed by atoms with Gasteiger partial charge in [0.25, 0.3) is 0 Å². The lowest BCUT2D eigenvalue weighted by molar-refractivity contribution is -0.121. The summed E-state index contributed by atoms with van der Waals surface area (Å²) in [4.78, 5) is 29.2. The Kier molecular flexibility index (Phi) is 6.39. The molecule has 9 heteroatoms. The second-order valence-electron chi connectivity index (χ2n) is 7.47. The minimum atomic E-state index is -0.444. The monoisotopic (exact) mass is 448 g/mol. The zero-order chi connectivity index (χ0) is 23.4. The van der Waals surface area contributed by atoms with Gasteiger partial charge in [-0.1, -0.05) is 0 Å². The van der Waals surface area contributed by atoms with Gasteiger partial charge in [-0.15, -0.1) is 0 Å². The molecule has 2 aromatic heterocycles. The summed E-state index contributed by atoms with van der Waals surface area (Å²) in [5, 5.41) is 10.6. The number of ether oxygens (including phenoxy) is 2. The fourth-order valence-corrected chi connectivity index (χ4v) is 3.54. The molecule has 0 aliphatic carbocycles. The first kappa shape index (κ1) is 22.1. The number of aryl methyl sites for hydroxylation is 1. The van der Waals surface area contributed by atoms with Crippen molar-refractivity contribution in [1.29, 1.82) is 0 Å². The van der Waals surface area contributed by atoms with Gasteiger partial charge in [0.15, 0.2) is 5.82 Å². The number of methoxy groups -OCH3 is 2. The minimum absolute atomic E-state index is 0.146. The number of hydrogen-bond acceptors (Lipinski definition) is 7. The van der Waals surface area contributed by atoms with Crippen LogP contribution in [0.4, 0.5) is 0 Å². The molecule has 4 aromatic rings. The maximum Gasteiger partial charge on any atom is 0.339 e. The molecule has 0 unspecified atom stereocenters. The fraction of sp³-hybridized carbons (Fsp3) is 0.250. The molecule has 33 heavy (non-hydrogen) atoms. The number of carbonyl (C=O) groups is 1. The van der Waals surface area contributed by atoms with E-state index in [1.807, 2.05) is 43.3 Å². The minimum Gasteiger partial charge on any atom is -0.497 e. The van der Waals surface area contributed by atoms with Crippen molar-refractivity contribution in [1.82, 2.24) is 20.5 Å². The van der Waals surface area contributed by atoms with Gasteiger partial charge in [0.05, 0.1) is 20.8 Å². The Bertz CT molecular complexity index is 1340. The van der Waals surface area contributed by atoms with Gasteiger partial charge in [-0.2, -0.15) is 5.10 Å². The Morgan fingerprint density at radius 3 is 2.55 bits per heavy atom. The van der Waals surface area contributed by atoms with Gasteiger partial charge < -0.3 is 19.2 Å². The Morgan fingerprint density at radius 2 is 1.82 bits per heavy atom. The summed E-state index contributed by atoms with van der Waals surface area (Å²) in [7, 11) is 3.16. The van der Waals surface area contributed by atoms with Gasteiger partial charge in [0, 0.05) is 29.0 Å². The Labute approximate surface area is 189 Å². The molecule has 0 aliphatic heterocycles. The lowest BCUT2D eigenvalue weighted by atomic mass is 10.0. The second kappa shape index (κ2) is 9.56. The van der Waals surface area contributed by atoms with E-state index >= 15 is 0 Å². The molecule has 0 atom stereocenters. The molecule has 2 N–H and O–H groups in total. The Balaban J connectivity index is 1.36. The van der Waals surface area contributed by atoms with Crippen molar-refractivity contribution < 1.29 is 18.7 Å². The number of rotatable bonds is 8. The highest BCUT2D eigenvalue weighted by Crippen LogP contribution is 2.24. The van der Waals surface area contributed by atoms with Crippen LogP contribution in [0.1, 0.15) is 23.4 Å². The maximum absolute atomic E-state index is 12.5. The first-order valence-electron chi connectivity index (χ1n) is 10.4. The molecule has 170 valence electrons. The van der Waals surface area contributed by atoms with Crippen LogP contribution < -0.4 is 20.4 Å². The van der Waals surface area contributed by atoms with Crippen LogP contribution in [0.3, 0.4) is 0 Å². The van der Waals surface area contributed by atoms with Crippen molar-refractivity contribution in [3.05, 3.63) is 69.8 Å². The van der Waals surface area contributed by atoms with E-state index in [2.05, 4.69) is 20.5 Å². The zero-order valence-corrected chi connectivity index (χ0v) is 18.6. The van der Waals surface area contributed by atoms with E-state index in [9.17, 15) is 9.59 Å². The third-order valence-electron chi connectivity index (χ3n) is 5.43. The maximum atomic E-state index is 12.5. The molecule has 0 bridgehead atoms. The second-order valence-corrected chi connectivity index (χ2v) is 7.47. The highest BCUT2D eigenvalue weighted by atomic mass is 16.5. The van der Waals surface area contributed by atoms with Crippen LogP contribution in [-0.4, -0.2) is 35.3 Å². The van der Waals surface area contributed by atoms with Crippen molar-refractivity contribution in [2.45, 2.75) is 26.3 Å². The van der Waals surface area contributed by atoms with E-state index in [0.717, 1.165) is 22.3 Å². The lowest BCUT2D eigenvalue weighted by Gasteiger charge is -2.09. The predicted octanol–water partition coefficient (Wildman–Crippen LogP) is 3.15. The number of benzene rings is 2. The number of nitrogens with zero attached hydrogens (tertiary/aromatic N) is 2. The number of nitrogens with one attached hydrogen (secondary N) is 2. The largest absolute Gasteiger partial charge is 0.497 e. The van der Waals surface area contributed by atoms with E-state index in [1.165, 1.54) is 0 Å². The number of H-pyrrole nitrogens is 1. The van der Waals surface area contributed by atoms with E-state index in [-0.39, 0.29) is 25.3 Å². The zero-order valence-electron chi connectivity index (χ0n) is 18.6. The van der Waals surface area contributed by atoms with Crippen molar-refractivity contribution >= 4 is 16.9 Å². The summed E-state index contributed by atoms with van der Waals surface area (Å²) in [6.07, 6.45) is 0.419. The molecule has 0 saturated carbocycles. The molecular formula is C24H24N4O5. The summed E-state index contributed by atoms with van der Waals surface area (Å²) in [6, 6.07) is 12.7. The summed E-state index contributed by atoms with van der Waals surface area (Å²) in [5.74, 6) is 2.22. The Hall–Kier alpha value is -4.14. The topological polar surface area (TPSA) is 119 Å². The smallest absolute Gasteiger partial charge is 0.339 e. The van der Waals surface area contributed by atoms with Gasteiger partial charge in [-0.25, -0.2) is 9.78 Å². The van der Waals surface area contributed by atoms with Gasteiger partial charge in [-0.3, -0.25) is 9.89 Å². The SMILES string of the molecule is COc1ccc(-c2n[nH]c(CNC(=O)CCc3c(C)c4ccc(OC)cc4oc3=O)n2)cc1. The summed E-state index contributed by atoms with van der Waals surface area (Å²) < 4.78 is 15.8. The molecule has 0 aliphatic rings. The van der Waals surface area contributed by atoms with Crippen LogP contribution in [0, 0.1) is 6.92 Å². The Morgan fingerprint density at radius 1 is 1.09 bits per heavy atom. The lowest BCUT2D eigenvalue weighted by Crippen LogP contribution is -2.24. The molecule has 4 rings (SSSR count). The summed E-state index contributed by atoms with van der Waals surface area (Å²) >= 11 is 0. The van der Waals surface area contributed by atoms with Crippen LogP contribution in [0.2, 0.25) is 0 Å². The molecule has 0 fully saturated rings. The molecule has 2 aromatic carbocycles. The first-order chi connectivity index (χ1) is 16.0. The van der Waals surface area contributed by atoms with Crippen LogP contribution in [0.25, 0.3) is 22.4 Å². The highest BCUT2D eigenvalue weighted by molar-refractivity contribution is 5.82. The van der Waals surface area contributed by atoms with Crippen molar-refractivity contribution in [2.24, 2.45) is 0 Å². The quantitative estimate of drug-likeness (QED) is 0.397. The van der Waals surface area contributed by atoms with Crippen molar-refractivity contribution in [2.75, 3.05) is 14.2 Å². The molecule has 1 amide bonds. The molecule has 0 radical (unpaired) electrons. The van der Waals surface area contributed by atoms with Crippen molar-refractivity contribution in [3.63, 3.8) is 0 Å². The van der Waals surface area contributed by atoms with Crippen LogP contribution in [-0.2, 0) is 17.8 Å². The molecule has 2 heterocycles. The number of aromatic amines is 1. The standard InChI is InChI=1S/C24H24N4O5/c1-14-18-9-8-17(32-3)12-20(18)33-24(30)19(14)10-11-22(29)25-13-21-26-23(28-27-21)15-4-6-16(31-2)7-5-15/h4-9,12H,10-11,13H2,1-3H3,(H,25,29)(H,26,27,28). The third-order valence-corrected chi connectivity index (χ3v) is 5.43. The average molecular weight is 448 g/mol. The van der Waals surface area contributed by atoms with E-state index in [0.29, 0.717) is 28.5 Å². The summed E-state index contributed by atoms with van der Waals surface area (Å²) in [5.41, 5.74) is 2.14. The van der Waals surface area contributed by atoms with Gasteiger partial charge in [0.2, 0.25) is 5.91 Å². The van der Waals surface area contributed by atoms with Crippen LogP contribution in [0.15, 0.2) is 51.7 Å². The number of aromatic nitrogens is 3. The highest BCUT2D eigenvalue weighted by Gasteiger charge is 2.14. The molecule has 0 saturated heterocycles. The summed E-state index contributed by atoms with van der Waals surface area (Å²) in [6.45, 7) is 2.06. The normalized spacial score (nSPS) is 10.9. The number of amides is 1. The molecular weight excluding hydrogens is 424 g/mol. The first-order valence-corrected chi connectivity index (χ1v) is 10.4. The number of hydrogen-bond donors (Lipinski definition) is 2. The fourth-order valence-electron chi connectivity index (χ4n) is 3.54. The number of carbonyl (C=O) groups excluding carboxylic acids is 1. The predicted molar refractivity (Wildman–Crippen MR) is 122 cm³/mol. The van der Waals surface area contributed by atoms with Gasteiger partial charge >= 0.3 is 5.63 Å². The average Bonchev–Trinajstić information content (AvgIpc) is 3.31. The van der Waals surface area contributed by atoms with Gasteiger partial charge in [0.1, 0.15) is 22.9 Å². The van der Waals surface area contributed by atoms with Crippen LogP contribution in [0.5, 0.6) is 11.5 Å². The van der Waals surface area contributed by atoms with E-state index in [1.54, 1.807) is 20.3 Å². The molecule has 0 spiro atoms. The molecule has 9 nitrogen and oxygen atoms in total. The third kappa shape index (κ3) is 4.87. The van der Waals surface area contributed by atoms with E-state index < -0.39 is 5.63 Å².